The van der Waals surface area contributed by atoms with Crippen LogP contribution in [-0.2, 0) is 74.6 Å². The maximum Gasteiger partial charge on any atom is 0.410 e. The lowest BCUT2D eigenvalue weighted by atomic mass is 10.0. The maximum absolute atomic E-state index is 13.7. The number of anilines is 2. The van der Waals surface area contributed by atoms with E-state index in [1.165, 1.54) is 6.20 Å². The molecule has 111 heavy (non-hydrogen) atoms. The summed E-state index contributed by atoms with van der Waals surface area (Å²) in [5, 5.41) is 21.4. The first-order valence-electron chi connectivity index (χ1n) is 37.3. The zero-order valence-electron chi connectivity index (χ0n) is 64.8. The number of hydrogen-bond acceptors (Lipinski definition) is 17. The highest BCUT2D eigenvalue weighted by Gasteiger charge is 2.28. The average Bonchev–Trinajstić information content (AvgIpc) is 0.813. The number of benzene rings is 8. The van der Waals surface area contributed by atoms with Gasteiger partial charge in [-0.15, -0.1) is 0 Å². The number of nitrogen functional groups attached to an aromatic ring is 1. The van der Waals surface area contributed by atoms with Crippen LogP contribution >= 0.6 is 0 Å². The van der Waals surface area contributed by atoms with Gasteiger partial charge >= 0.3 is 24.1 Å². The van der Waals surface area contributed by atoms with Gasteiger partial charge in [-0.05, 0) is 180 Å². The van der Waals surface area contributed by atoms with Gasteiger partial charge in [0.15, 0.2) is 6.29 Å². The van der Waals surface area contributed by atoms with Crippen LogP contribution < -0.4 is 20.5 Å². The number of aromatic nitrogens is 2. The van der Waals surface area contributed by atoms with Gasteiger partial charge in [0.1, 0.15) is 49.1 Å². The minimum atomic E-state index is -0.688. The van der Waals surface area contributed by atoms with Crippen LogP contribution in [0.4, 0.5) is 21.0 Å². The number of carbonyl (C=O) groups excluding carboxylic acids is 5. The van der Waals surface area contributed by atoms with Crippen molar-refractivity contribution in [2.75, 3.05) is 24.1 Å². The molecule has 2 aromatic heterocycles. The van der Waals surface area contributed by atoms with Crippen molar-refractivity contribution in [2.24, 2.45) is 0 Å². The molecule has 0 radical (unpaired) electrons. The zero-order chi connectivity index (χ0) is 79.4. The molecule has 0 fully saturated rings. The van der Waals surface area contributed by atoms with Gasteiger partial charge in [-0.25, -0.2) is 9.59 Å². The standard InChI is InChI=1S/C46H50N4O5.C33H40N2O6.C13H10N2/c1-34-44(54-33-37-16-10-6-11-17-37)42(40(29-48-34)30-49-41-25-23-39(24-26-41)38-21-19-35(28-47)20-22-38)31-50(45(52)55-46(2,3)4)27-13-7-12-18-43(51)53-32-36-14-8-5-9-15-36;1-25-31(40-24-27-16-10-6-11-17-27)29(28(22-36)20-34-25)21-35(32(38)41-33(2,3)4)19-13-7-12-18-30(37)39-23-26-14-8-5-9-15-26;14-9-10-1-3-11(4-2-10)12-5-7-13(15)8-6-12/h5-6,8-11,14-17,19-26,29,49H,7,12-13,18,27,30-33H2,1-4H3;5-6,8-11,14-17,20,22H,7,12-13,18-19,21,23-24H2,1-4H3;1-8H,15H2. The lowest BCUT2D eigenvalue weighted by molar-refractivity contribution is -0.146. The van der Waals surface area contributed by atoms with E-state index >= 15 is 0 Å². The zero-order valence-corrected chi connectivity index (χ0v) is 64.8. The summed E-state index contributed by atoms with van der Waals surface area (Å²) in [5.74, 6) is 0.629. The third-order valence-corrected chi connectivity index (χ3v) is 17.4. The number of aryl methyl sites for hydroxylation is 2. The van der Waals surface area contributed by atoms with Crippen molar-refractivity contribution in [1.82, 2.24) is 19.8 Å². The number of hydrogen-bond donors (Lipinski definition) is 2. The molecule has 8 aromatic carbocycles. The largest absolute Gasteiger partial charge is 0.487 e. The number of unbranched alkanes of at least 4 members (excludes halogenated alkanes) is 4. The predicted molar refractivity (Wildman–Crippen MR) is 433 cm³/mol. The molecule has 0 unspecified atom stereocenters. The van der Waals surface area contributed by atoms with Gasteiger partial charge in [0.2, 0.25) is 0 Å². The summed E-state index contributed by atoms with van der Waals surface area (Å²) in [6.45, 7) is 17.5. The van der Waals surface area contributed by atoms with Crippen LogP contribution in [0.1, 0.15) is 165 Å². The molecule has 3 N–H and O–H groups in total. The van der Waals surface area contributed by atoms with Gasteiger partial charge in [0, 0.05) is 72.9 Å². The summed E-state index contributed by atoms with van der Waals surface area (Å²) >= 11 is 0. The lowest BCUT2D eigenvalue weighted by Crippen LogP contribution is -2.37. The van der Waals surface area contributed by atoms with Crippen LogP contribution in [0.3, 0.4) is 0 Å². The molecular weight excluding hydrogens is 1390 g/mol. The molecule has 10 aromatic rings. The minimum absolute atomic E-state index is 0.121. The van der Waals surface area contributed by atoms with Gasteiger partial charge in [-0.3, -0.25) is 24.4 Å². The van der Waals surface area contributed by atoms with Crippen LogP contribution in [0.5, 0.6) is 11.5 Å². The van der Waals surface area contributed by atoms with E-state index in [0.717, 1.165) is 85.4 Å². The van der Waals surface area contributed by atoms with E-state index in [2.05, 4.69) is 22.4 Å². The summed E-state index contributed by atoms with van der Waals surface area (Å²) in [7, 11) is 0. The molecule has 0 aliphatic heterocycles. The molecule has 2 amide bonds. The van der Waals surface area contributed by atoms with Crippen LogP contribution in [0, 0.1) is 36.5 Å². The molecule has 0 saturated carbocycles. The first-order chi connectivity index (χ1) is 53.5. The molecule has 19 heteroatoms. The summed E-state index contributed by atoms with van der Waals surface area (Å²) in [6.07, 6.45) is 7.83. The predicted octanol–water partition coefficient (Wildman–Crippen LogP) is 19.8. The second kappa shape index (κ2) is 43.4. The number of pyridine rings is 2. The quantitative estimate of drug-likeness (QED) is 0.0131. The molecule has 10 rings (SSSR count). The van der Waals surface area contributed by atoms with Gasteiger partial charge in [-0.1, -0.05) is 183 Å². The molecule has 0 aliphatic carbocycles. The van der Waals surface area contributed by atoms with Crippen molar-refractivity contribution in [1.29, 1.82) is 10.5 Å². The number of nitrogens with two attached hydrogens (primary N) is 1. The number of nitrogens with zero attached hydrogens (tertiary/aromatic N) is 6. The lowest BCUT2D eigenvalue weighted by Gasteiger charge is -2.29. The van der Waals surface area contributed by atoms with Gasteiger partial charge in [0.25, 0.3) is 0 Å². The molecular formula is C92H100N8O11. The number of nitrogens with one attached hydrogen (secondary N) is 1. The van der Waals surface area contributed by atoms with E-state index < -0.39 is 23.4 Å². The van der Waals surface area contributed by atoms with Crippen molar-refractivity contribution in [3.8, 4) is 45.9 Å². The smallest absolute Gasteiger partial charge is 0.410 e. The van der Waals surface area contributed by atoms with Crippen molar-refractivity contribution >= 4 is 41.8 Å². The monoisotopic (exact) mass is 1490 g/mol. The number of aldehydes is 1. The van der Waals surface area contributed by atoms with Crippen molar-refractivity contribution < 1.29 is 52.4 Å². The van der Waals surface area contributed by atoms with Crippen LogP contribution in [0.15, 0.2) is 231 Å². The Bertz CT molecular complexity index is 4660. The highest BCUT2D eigenvalue weighted by Crippen LogP contribution is 2.32. The first-order valence-corrected chi connectivity index (χ1v) is 37.3. The second-order valence-electron chi connectivity index (χ2n) is 28.6. The van der Waals surface area contributed by atoms with E-state index in [0.29, 0.717) is 117 Å². The average molecular weight is 1490 g/mol. The van der Waals surface area contributed by atoms with E-state index in [9.17, 15) is 24.0 Å². The number of nitriles is 2. The SMILES string of the molecule is Cc1ncc(C=O)c(CN(CCCCCC(=O)OCc2ccccc2)C(=O)OC(C)(C)C)c1OCc1ccccc1.Cc1ncc(CNc2ccc(-c3ccc(C#N)cc3)cc2)c(CN(CCCCCC(=O)OCc2ccccc2)C(=O)OC(C)(C)C)c1OCc1ccccc1.N#Cc1ccc(-c2ccc(N)cc2)cc1. The number of rotatable bonds is 32. The highest BCUT2D eigenvalue weighted by atomic mass is 16.6. The van der Waals surface area contributed by atoms with Crippen LogP contribution in [0.2, 0.25) is 0 Å². The van der Waals surface area contributed by atoms with E-state index in [4.69, 9.17) is 49.7 Å². The topological polar surface area (TPSA) is 259 Å². The Kier molecular flexibility index (Phi) is 32.9. The summed E-state index contributed by atoms with van der Waals surface area (Å²) in [5.41, 5.74) is 19.4. The molecule has 19 nitrogen and oxygen atoms in total. The Morgan fingerprint density at radius 3 is 1.21 bits per heavy atom. The number of esters is 2. The Balaban J connectivity index is 0.000000241. The normalized spacial score (nSPS) is 10.8. The van der Waals surface area contributed by atoms with Crippen LogP contribution in [0.25, 0.3) is 22.3 Å². The van der Waals surface area contributed by atoms with Crippen LogP contribution in [-0.4, -0.2) is 74.5 Å². The molecule has 0 bridgehead atoms. The molecule has 0 spiro atoms. The Hall–Kier alpha value is -12.6. The van der Waals surface area contributed by atoms with Gasteiger partial charge in [-0.2, -0.15) is 10.5 Å². The molecule has 574 valence electrons. The van der Waals surface area contributed by atoms with Crippen molar-refractivity contribution in [2.45, 2.75) is 164 Å². The summed E-state index contributed by atoms with van der Waals surface area (Å²) < 4.78 is 35.0. The molecule has 0 aliphatic rings. The maximum atomic E-state index is 13.7. The second-order valence-corrected chi connectivity index (χ2v) is 28.6. The van der Waals surface area contributed by atoms with E-state index in [-0.39, 0.29) is 38.2 Å². The fraction of sp³-hybridized carbons (Fsp3) is 0.293. The van der Waals surface area contributed by atoms with Crippen molar-refractivity contribution in [3.63, 3.8) is 0 Å². The fourth-order valence-electron chi connectivity index (χ4n) is 11.5. The number of ether oxygens (including phenoxy) is 6. The molecule has 0 saturated heterocycles. The fourth-order valence-corrected chi connectivity index (χ4v) is 11.5. The molecule has 2 heterocycles. The Morgan fingerprint density at radius 1 is 0.459 bits per heavy atom. The van der Waals surface area contributed by atoms with Gasteiger partial charge in [0.05, 0.1) is 47.7 Å². The van der Waals surface area contributed by atoms with E-state index in [1.807, 2.05) is 280 Å². The number of amides is 2. The minimum Gasteiger partial charge on any atom is -0.487 e. The third kappa shape index (κ3) is 29.1. The van der Waals surface area contributed by atoms with E-state index in [1.54, 1.807) is 9.80 Å². The van der Waals surface area contributed by atoms with Gasteiger partial charge < -0.3 is 49.3 Å². The summed E-state index contributed by atoms with van der Waals surface area (Å²) in [4.78, 5) is 75.9. The van der Waals surface area contributed by atoms with Crippen molar-refractivity contribution in [3.05, 3.63) is 298 Å². The third-order valence-electron chi connectivity index (χ3n) is 17.4. The summed E-state index contributed by atoms with van der Waals surface area (Å²) in [6, 6.07) is 73.9. The first kappa shape index (κ1) is 84.0. The highest BCUT2D eigenvalue weighted by molar-refractivity contribution is 5.79. The molecule has 0 atom stereocenters. The Morgan fingerprint density at radius 2 is 0.820 bits per heavy atom. The Labute approximate surface area is 652 Å². The number of carbonyl (C=O) groups is 5.